The van der Waals surface area contributed by atoms with E-state index in [1.807, 2.05) is 0 Å². The van der Waals surface area contributed by atoms with E-state index in [1.54, 1.807) is 0 Å². The molecule has 0 aliphatic rings. The average molecular weight is 214 g/mol. The molecule has 0 aliphatic carbocycles. The van der Waals surface area contributed by atoms with E-state index in [2.05, 4.69) is 46.6 Å². The molecule has 0 saturated heterocycles. The van der Waals surface area contributed by atoms with Crippen LogP contribution in [-0.4, -0.2) is 30.6 Å². The van der Waals surface area contributed by atoms with Gasteiger partial charge in [-0.25, -0.2) is 0 Å². The van der Waals surface area contributed by atoms with Gasteiger partial charge in [0.15, 0.2) is 0 Å². The van der Waals surface area contributed by atoms with Crippen molar-refractivity contribution in [3.05, 3.63) is 0 Å². The first-order valence-corrected chi connectivity index (χ1v) is 6.30. The molecule has 0 radical (unpaired) electrons. The molecule has 0 aromatic heterocycles. The SMILES string of the molecule is CC(C)CC(C)N(C)C(CN)CC(C)C. The monoisotopic (exact) mass is 214 g/mol. The van der Waals surface area contributed by atoms with E-state index < -0.39 is 0 Å². The Bertz CT molecular complexity index is 155. The fraction of sp³-hybridized carbons (Fsp3) is 1.00. The molecular weight excluding hydrogens is 184 g/mol. The van der Waals surface area contributed by atoms with Gasteiger partial charge in [-0.15, -0.1) is 0 Å². The molecule has 2 N–H and O–H groups in total. The van der Waals surface area contributed by atoms with Gasteiger partial charge in [0.05, 0.1) is 0 Å². The van der Waals surface area contributed by atoms with Crippen LogP contribution >= 0.6 is 0 Å². The van der Waals surface area contributed by atoms with E-state index in [4.69, 9.17) is 5.73 Å². The van der Waals surface area contributed by atoms with E-state index in [0.29, 0.717) is 12.1 Å². The Morgan fingerprint density at radius 2 is 1.40 bits per heavy atom. The summed E-state index contributed by atoms with van der Waals surface area (Å²) in [5.74, 6) is 1.49. The van der Waals surface area contributed by atoms with Crippen molar-refractivity contribution in [3.63, 3.8) is 0 Å². The standard InChI is InChI=1S/C13H30N2/c1-10(2)7-12(5)15(6)13(9-14)8-11(3)4/h10-13H,7-9,14H2,1-6H3. The van der Waals surface area contributed by atoms with Gasteiger partial charge in [-0.2, -0.15) is 0 Å². The lowest BCUT2D eigenvalue weighted by atomic mass is 9.98. The Balaban J connectivity index is 4.17. The predicted octanol–water partition coefficient (Wildman–Crippen LogP) is 2.73. The van der Waals surface area contributed by atoms with Gasteiger partial charge < -0.3 is 5.73 Å². The Kier molecular flexibility index (Phi) is 7.20. The molecule has 0 fully saturated rings. The van der Waals surface area contributed by atoms with Crippen LogP contribution in [0.4, 0.5) is 0 Å². The summed E-state index contributed by atoms with van der Waals surface area (Å²) in [6, 6.07) is 1.18. The van der Waals surface area contributed by atoms with Gasteiger partial charge in [-0.1, -0.05) is 27.7 Å². The van der Waals surface area contributed by atoms with Crippen molar-refractivity contribution in [1.29, 1.82) is 0 Å². The summed E-state index contributed by atoms with van der Waals surface area (Å²) in [6.45, 7) is 12.2. The minimum absolute atomic E-state index is 0.541. The van der Waals surface area contributed by atoms with Crippen molar-refractivity contribution in [3.8, 4) is 0 Å². The minimum Gasteiger partial charge on any atom is -0.329 e. The maximum atomic E-state index is 5.85. The molecule has 0 spiro atoms. The maximum Gasteiger partial charge on any atom is 0.0220 e. The summed E-state index contributed by atoms with van der Waals surface area (Å²) in [5, 5.41) is 0. The molecule has 0 aromatic rings. The molecule has 0 saturated carbocycles. The Morgan fingerprint density at radius 1 is 0.933 bits per heavy atom. The summed E-state index contributed by atoms with van der Waals surface area (Å²) in [7, 11) is 2.22. The molecular formula is C13H30N2. The van der Waals surface area contributed by atoms with Crippen LogP contribution in [0.1, 0.15) is 47.5 Å². The minimum atomic E-state index is 0.541. The van der Waals surface area contributed by atoms with Crippen LogP contribution in [0.25, 0.3) is 0 Å². The maximum absolute atomic E-state index is 5.85. The van der Waals surface area contributed by atoms with Crippen LogP contribution in [0, 0.1) is 11.8 Å². The van der Waals surface area contributed by atoms with Gasteiger partial charge in [-0.3, -0.25) is 4.90 Å². The third-order valence-electron chi connectivity index (χ3n) is 3.10. The smallest absolute Gasteiger partial charge is 0.0220 e. The van der Waals surface area contributed by atoms with Crippen LogP contribution in [0.5, 0.6) is 0 Å². The van der Waals surface area contributed by atoms with Gasteiger partial charge in [0.2, 0.25) is 0 Å². The lowest BCUT2D eigenvalue weighted by Crippen LogP contribution is -2.44. The topological polar surface area (TPSA) is 29.3 Å². The molecule has 0 rings (SSSR count). The second kappa shape index (κ2) is 7.24. The fourth-order valence-corrected chi connectivity index (χ4v) is 2.18. The summed E-state index contributed by atoms with van der Waals surface area (Å²) >= 11 is 0. The molecule has 15 heavy (non-hydrogen) atoms. The number of hydrogen-bond acceptors (Lipinski definition) is 2. The largest absolute Gasteiger partial charge is 0.329 e. The highest BCUT2D eigenvalue weighted by Gasteiger charge is 2.19. The number of hydrogen-bond donors (Lipinski definition) is 1. The first-order valence-electron chi connectivity index (χ1n) is 6.30. The average Bonchev–Trinajstić information content (AvgIpc) is 2.11. The zero-order valence-corrected chi connectivity index (χ0v) is 11.5. The van der Waals surface area contributed by atoms with Gasteiger partial charge in [0, 0.05) is 18.6 Å². The van der Waals surface area contributed by atoms with Crippen molar-refractivity contribution in [1.82, 2.24) is 4.90 Å². The summed E-state index contributed by atoms with van der Waals surface area (Å²) in [4.78, 5) is 2.46. The van der Waals surface area contributed by atoms with E-state index in [-0.39, 0.29) is 0 Å². The summed E-state index contributed by atoms with van der Waals surface area (Å²) < 4.78 is 0. The first-order chi connectivity index (χ1) is 6.88. The molecule has 0 aromatic carbocycles. The highest BCUT2D eigenvalue weighted by Crippen LogP contribution is 2.16. The number of likely N-dealkylation sites (N-methyl/N-ethyl adjacent to an activating group) is 1. The second-order valence-corrected chi connectivity index (χ2v) is 5.66. The van der Waals surface area contributed by atoms with E-state index >= 15 is 0 Å². The van der Waals surface area contributed by atoms with E-state index in [1.165, 1.54) is 12.8 Å². The summed E-state index contributed by atoms with van der Waals surface area (Å²) in [5.41, 5.74) is 5.85. The van der Waals surface area contributed by atoms with Crippen LogP contribution < -0.4 is 5.73 Å². The fourth-order valence-electron chi connectivity index (χ4n) is 2.18. The zero-order chi connectivity index (χ0) is 12.0. The Hall–Kier alpha value is -0.0800. The lowest BCUT2D eigenvalue weighted by Gasteiger charge is -2.34. The number of rotatable bonds is 7. The molecule has 0 bridgehead atoms. The van der Waals surface area contributed by atoms with E-state index in [9.17, 15) is 0 Å². The molecule has 2 nitrogen and oxygen atoms in total. The third kappa shape index (κ3) is 6.16. The van der Waals surface area contributed by atoms with Crippen molar-refractivity contribution >= 4 is 0 Å². The molecule has 0 aliphatic heterocycles. The molecule has 2 atom stereocenters. The third-order valence-corrected chi connectivity index (χ3v) is 3.10. The molecule has 2 heteroatoms. The Labute approximate surface area is 96.2 Å². The Morgan fingerprint density at radius 3 is 1.73 bits per heavy atom. The number of nitrogens with zero attached hydrogens (tertiary/aromatic N) is 1. The van der Waals surface area contributed by atoms with Gasteiger partial charge in [-0.05, 0) is 38.6 Å². The predicted molar refractivity (Wildman–Crippen MR) is 69.0 cm³/mol. The first kappa shape index (κ1) is 14.9. The van der Waals surface area contributed by atoms with Crippen molar-refractivity contribution in [2.24, 2.45) is 17.6 Å². The molecule has 2 unspecified atom stereocenters. The number of nitrogens with two attached hydrogens (primary N) is 1. The normalized spacial score (nSPS) is 16.4. The quantitative estimate of drug-likeness (QED) is 0.706. The lowest BCUT2D eigenvalue weighted by molar-refractivity contribution is 0.150. The van der Waals surface area contributed by atoms with Crippen molar-refractivity contribution in [2.75, 3.05) is 13.6 Å². The second-order valence-electron chi connectivity index (χ2n) is 5.66. The van der Waals surface area contributed by atoms with E-state index in [0.717, 1.165) is 18.4 Å². The molecule has 0 heterocycles. The van der Waals surface area contributed by atoms with Crippen molar-refractivity contribution < 1.29 is 0 Å². The van der Waals surface area contributed by atoms with Crippen LogP contribution in [0.2, 0.25) is 0 Å². The van der Waals surface area contributed by atoms with Gasteiger partial charge >= 0.3 is 0 Å². The van der Waals surface area contributed by atoms with Crippen LogP contribution in [0.15, 0.2) is 0 Å². The van der Waals surface area contributed by atoms with Crippen LogP contribution in [0.3, 0.4) is 0 Å². The van der Waals surface area contributed by atoms with Crippen LogP contribution in [-0.2, 0) is 0 Å². The summed E-state index contributed by atoms with van der Waals surface area (Å²) in [6.07, 6.45) is 2.46. The van der Waals surface area contributed by atoms with Crippen molar-refractivity contribution in [2.45, 2.75) is 59.5 Å². The molecule has 92 valence electrons. The van der Waals surface area contributed by atoms with Gasteiger partial charge in [0.1, 0.15) is 0 Å². The highest BCUT2D eigenvalue weighted by molar-refractivity contribution is 4.76. The molecule has 0 amide bonds. The zero-order valence-electron chi connectivity index (χ0n) is 11.5. The van der Waals surface area contributed by atoms with Gasteiger partial charge in [0.25, 0.3) is 0 Å². The highest BCUT2D eigenvalue weighted by atomic mass is 15.2.